The van der Waals surface area contributed by atoms with Crippen LogP contribution in [0.5, 0.6) is 5.75 Å². The van der Waals surface area contributed by atoms with E-state index in [0.29, 0.717) is 18.0 Å². The largest absolute Gasteiger partial charge is 0.493 e. The van der Waals surface area contributed by atoms with Crippen LogP contribution in [0.2, 0.25) is 0 Å². The van der Waals surface area contributed by atoms with Gasteiger partial charge in [-0.2, -0.15) is 0 Å². The number of benzene rings is 2. The third-order valence-electron chi connectivity index (χ3n) is 4.49. The Morgan fingerprint density at radius 3 is 2.53 bits per heavy atom. The van der Waals surface area contributed by atoms with E-state index in [1.807, 2.05) is 43.3 Å². The summed E-state index contributed by atoms with van der Waals surface area (Å²) in [5, 5.41) is 2.26. The minimum Gasteiger partial charge on any atom is -0.493 e. The predicted molar refractivity (Wildman–Crippen MR) is 119 cm³/mol. The standard InChI is InChI=1S/C23H24N2O4S/c1-3-13-29-19-8-6-5-7-17(19)14-20-22(27)25(23(28)30-20)15-21(26)24-18-11-9-16(4-2)10-12-18/h5-12,14H,3-4,13,15H2,1-2H3,(H,24,26)/b20-14+. The van der Waals surface area contributed by atoms with E-state index >= 15 is 0 Å². The highest BCUT2D eigenvalue weighted by atomic mass is 32.2. The van der Waals surface area contributed by atoms with Crippen molar-refractivity contribution in [3.8, 4) is 5.75 Å². The number of nitrogens with one attached hydrogen (secondary N) is 1. The van der Waals surface area contributed by atoms with Crippen LogP contribution in [0.25, 0.3) is 6.08 Å². The number of amides is 3. The van der Waals surface area contributed by atoms with Gasteiger partial charge in [-0.1, -0.05) is 44.2 Å². The summed E-state index contributed by atoms with van der Waals surface area (Å²) in [4.78, 5) is 38.6. The fraction of sp³-hybridized carbons (Fsp3) is 0.261. The molecular weight excluding hydrogens is 400 g/mol. The second-order valence-corrected chi connectivity index (χ2v) is 7.75. The Hall–Kier alpha value is -3.06. The van der Waals surface area contributed by atoms with Crippen LogP contribution in [0.4, 0.5) is 10.5 Å². The number of nitrogens with zero attached hydrogens (tertiary/aromatic N) is 1. The van der Waals surface area contributed by atoms with Gasteiger partial charge >= 0.3 is 0 Å². The molecule has 0 unspecified atom stereocenters. The van der Waals surface area contributed by atoms with Crippen molar-refractivity contribution < 1.29 is 19.1 Å². The third-order valence-corrected chi connectivity index (χ3v) is 5.40. The average Bonchev–Trinajstić information content (AvgIpc) is 3.01. The van der Waals surface area contributed by atoms with Gasteiger partial charge in [-0.3, -0.25) is 19.3 Å². The molecule has 156 valence electrons. The molecule has 6 nitrogen and oxygen atoms in total. The van der Waals surface area contributed by atoms with E-state index < -0.39 is 17.1 Å². The molecule has 1 saturated heterocycles. The number of imide groups is 1. The zero-order chi connectivity index (χ0) is 21.5. The summed E-state index contributed by atoms with van der Waals surface area (Å²) in [5.41, 5.74) is 2.51. The maximum Gasteiger partial charge on any atom is 0.294 e. The Labute approximate surface area is 180 Å². The molecule has 0 aromatic heterocycles. The molecule has 0 atom stereocenters. The number of aryl methyl sites for hydroxylation is 1. The first kappa shape index (κ1) is 21.6. The summed E-state index contributed by atoms with van der Waals surface area (Å²) in [6, 6.07) is 14.8. The minimum absolute atomic E-state index is 0.271. The number of para-hydroxylation sites is 1. The Bertz CT molecular complexity index is 969. The van der Waals surface area contributed by atoms with Crippen LogP contribution in [0.15, 0.2) is 53.4 Å². The number of carbonyl (C=O) groups is 3. The van der Waals surface area contributed by atoms with E-state index in [1.165, 1.54) is 0 Å². The first-order valence-electron chi connectivity index (χ1n) is 9.87. The fourth-order valence-electron chi connectivity index (χ4n) is 2.89. The highest BCUT2D eigenvalue weighted by Gasteiger charge is 2.36. The summed E-state index contributed by atoms with van der Waals surface area (Å²) in [5.74, 6) is -0.249. The number of carbonyl (C=O) groups excluding carboxylic acids is 3. The van der Waals surface area contributed by atoms with Crippen LogP contribution in [0.3, 0.4) is 0 Å². The number of hydrogen-bond donors (Lipinski definition) is 1. The molecule has 0 spiro atoms. The molecule has 0 aliphatic carbocycles. The molecule has 2 aromatic carbocycles. The zero-order valence-electron chi connectivity index (χ0n) is 17.0. The number of anilines is 1. The Morgan fingerprint density at radius 2 is 1.83 bits per heavy atom. The molecule has 1 N–H and O–H groups in total. The van der Waals surface area contributed by atoms with E-state index in [-0.39, 0.29) is 11.4 Å². The van der Waals surface area contributed by atoms with Crippen molar-refractivity contribution in [1.82, 2.24) is 4.90 Å². The van der Waals surface area contributed by atoms with E-state index in [1.54, 1.807) is 18.2 Å². The Kier molecular flexibility index (Phi) is 7.30. The lowest BCUT2D eigenvalue weighted by Gasteiger charge is -2.12. The maximum atomic E-state index is 12.7. The lowest BCUT2D eigenvalue weighted by molar-refractivity contribution is -0.127. The first-order chi connectivity index (χ1) is 14.5. The van der Waals surface area contributed by atoms with Gasteiger partial charge in [-0.15, -0.1) is 0 Å². The van der Waals surface area contributed by atoms with Gasteiger partial charge in [0.25, 0.3) is 11.1 Å². The average molecular weight is 425 g/mol. The molecule has 3 rings (SSSR count). The molecule has 0 bridgehead atoms. The van der Waals surface area contributed by atoms with Crippen LogP contribution in [0, 0.1) is 0 Å². The van der Waals surface area contributed by atoms with E-state index in [0.717, 1.165) is 40.6 Å². The smallest absolute Gasteiger partial charge is 0.294 e. The van der Waals surface area contributed by atoms with Gasteiger partial charge in [-0.05, 0) is 54.4 Å². The summed E-state index contributed by atoms with van der Waals surface area (Å²) in [7, 11) is 0. The van der Waals surface area contributed by atoms with Crippen LogP contribution >= 0.6 is 11.8 Å². The van der Waals surface area contributed by atoms with Crippen LogP contribution < -0.4 is 10.1 Å². The van der Waals surface area contributed by atoms with Crippen LogP contribution in [0.1, 0.15) is 31.4 Å². The van der Waals surface area contributed by atoms with Crippen LogP contribution in [-0.2, 0) is 16.0 Å². The number of rotatable bonds is 8. The molecule has 1 aliphatic rings. The van der Waals surface area contributed by atoms with Gasteiger partial charge in [0, 0.05) is 11.3 Å². The quantitative estimate of drug-likeness (QED) is 0.621. The van der Waals surface area contributed by atoms with Crippen molar-refractivity contribution >= 4 is 40.6 Å². The maximum absolute atomic E-state index is 12.7. The van der Waals surface area contributed by atoms with Crippen molar-refractivity contribution in [2.75, 3.05) is 18.5 Å². The second-order valence-electron chi connectivity index (χ2n) is 6.75. The molecule has 0 saturated carbocycles. The van der Waals surface area contributed by atoms with Gasteiger partial charge in [0.05, 0.1) is 11.5 Å². The van der Waals surface area contributed by atoms with E-state index in [4.69, 9.17) is 4.74 Å². The van der Waals surface area contributed by atoms with Crippen molar-refractivity contribution in [1.29, 1.82) is 0 Å². The monoisotopic (exact) mass is 424 g/mol. The summed E-state index contributed by atoms with van der Waals surface area (Å²) < 4.78 is 5.71. The van der Waals surface area contributed by atoms with Gasteiger partial charge in [0.15, 0.2) is 0 Å². The van der Waals surface area contributed by atoms with Crippen molar-refractivity contribution in [3.63, 3.8) is 0 Å². The SMILES string of the molecule is CCCOc1ccccc1/C=C1/SC(=O)N(CC(=O)Nc2ccc(CC)cc2)C1=O. The van der Waals surface area contributed by atoms with Gasteiger partial charge < -0.3 is 10.1 Å². The van der Waals surface area contributed by atoms with Gasteiger partial charge in [-0.25, -0.2) is 0 Å². The lowest BCUT2D eigenvalue weighted by atomic mass is 10.1. The summed E-state index contributed by atoms with van der Waals surface area (Å²) in [6.45, 7) is 4.30. The predicted octanol–water partition coefficient (Wildman–Crippen LogP) is 4.71. The molecule has 2 aromatic rings. The van der Waals surface area contributed by atoms with Gasteiger partial charge in [0.2, 0.25) is 5.91 Å². The normalized spacial score (nSPS) is 15.0. The molecule has 1 aliphatic heterocycles. The second kappa shape index (κ2) is 10.1. The molecule has 0 radical (unpaired) electrons. The Balaban J connectivity index is 1.68. The zero-order valence-corrected chi connectivity index (χ0v) is 17.8. The molecule has 7 heteroatoms. The lowest BCUT2D eigenvalue weighted by Crippen LogP contribution is -2.36. The van der Waals surface area contributed by atoms with Crippen molar-refractivity contribution in [2.24, 2.45) is 0 Å². The fourth-order valence-corrected chi connectivity index (χ4v) is 3.72. The molecular formula is C23H24N2O4S. The highest BCUT2D eigenvalue weighted by molar-refractivity contribution is 8.18. The molecule has 1 heterocycles. The molecule has 30 heavy (non-hydrogen) atoms. The number of ether oxygens (including phenoxy) is 1. The molecule has 1 fully saturated rings. The first-order valence-corrected chi connectivity index (χ1v) is 10.7. The topological polar surface area (TPSA) is 75.7 Å². The number of thioether (sulfide) groups is 1. The summed E-state index contributed by atoms with van der Waals surface area (Å²) in [6.07, 6.45) is 3.41. The Morgan fingerprint density at radius 1 is 1.10 bits per heavy atom. The third kappa shape index (κ3) is 5.30. The van der Waals surface area contributed by atoms with Crippen molar-refractivity contribution in [3.05, 3.63) is 64.6 Å². The molecule has 3 amide bonds. The van der Waals surface area contributed by atoms with Crippen LogP contribution in [-0.4, -0.2) is 35.1 Å². The van der Waals surface area contributed by atoms with Gasteiger partial charge in [0.1, 0.15) is 12.3 Å². The number of hydrogen-bond acceptors (Lipinski definition) is 5. The van der Waals surface area contributed by atoms with E-state index in [2.05, 4.69) is 12.2 Å². The highest BCUT2D eigenvalue weighted by Crippen LogP contribution is 2.34. The van der Waals surface area contributed by atoms with Crippen molar-refractivity contribution in [2.45, 2.75) is 26.7 Å². The summed E-state index contributed by atoms with van der Waals surface area (Å²) >= 11 is 0.825. The van der Waals surface area contributed by atoms with E-state index in [9.17, 15) is 14.4 Å². The minimum atomic E-state index is -0.480.